The molecule has 0 bridgehead atoms. The lowest BCUT2D eigenvalue weighted by Crippen LogP contribution is -2.10. The van der Waals surface area contributed by atoms with E-state index in [2.05, 4.69) is 132 Å². The van der Waals surface area contributed by atoms with Crippen molar-refractivity contribution in [2.45, 2.75) is 0 Å². The standard InChI is InChI=1S/C42H25NO2/c1-2-10-30-26(8-1)16-21-35-31(30)20-17-27-9-7-13-37(42(27)35)43(28-19-23-40-36(24-28)33-12-4-6-15-39(33)44-40)29-18-22-34-32-11-3-5-14-38(32)45-41(34)25-29/h1-25H. The minimum absolute atomic E-state index is 0.865. The molecule has 2 heterocycles. The Bertz CT molecular complexity index is 2780. The topological polar surface area (TPSA) is 29.5 Å². The summed E-state index contributed by atoms with van der Waals surface area (Å²) in [7, 11) is 0. The van der Waals surface area contributed by atoms with Gasteiger partial charge in [0, 0.05) is 44.4 Å². The van der Waals surface area contributed by atoms with Crippen LogP contribution in [0.2, 0.25) is 0 Å². The lowest BCUT2D eigenvalue weighted by atomic mass is 9.95. The van der Waals surface area contributed by atoms with E-state index >= 15 is 0 Å². The molecule has 10 rings (SSSR count). The van der Waals surface area contributed by atoms with E-state index in [1.165, 1.54) is 32.3 Å². The molecule has 0 aliphatic carbocycles. The Morgan fingerprint density at radius 1 is 0.333 bits per heavy atom. The van der Waals surface area contributed by atoms with Crippen molar-refractivity contribution in [1.29, 1.82) is 0 Å². The van der Waals surface area contributed by atoms with E-state index in [0.29, 0.717) is 0 Å². The largest absolute Gasteiger partial charge is 0.456 e. The maximum atomic E-state index is 6.39. The fourth-order valence-corrected chi connectivity index (χ4v) is 7.18. The van der Waals surface area contributed by atoms with Gasteiger partial charge in [-0.2, -0.15) is 0 Å². The Kier molecular flexibility index (Phi) is 5.00. The number of anilines is 3. The van der Waals surface area contributed by atoms with Gasteiger partial charge in [0.2, 0.25) is 0 Å². The number of hydrogen-bond acceptors (Lipinski definition) is 3. The molecule has 3 heteroatoms. The Hall–Kier alpha value is -6.06. The highest BCUT2D eigenvalue weighted by molar-refractivity contribution is 6.21. The van der Waals surface area contributed by atoms with Crippen molar-refractivity contribution in [3.05, 3.63) is 152 Å². The average molecular weight is 576 g/mol. The molecule has 45 heavy (non-hydrogen) atoms. The molecule has 8 aromatic carbocycles. The van der Waals surface area contributed by atoms with Gasteiger partial charge in [-0.05, 0) is 75.5 Å². The molecule has 210 valence electrons. The zero-order valence-corrected chi connectivity index (χ0v) is 24.2. The van der Waals surface area contributed by atoms with E-state index in [4.69, 9.17) is 8.83 Å². The Balaban J connectivity index is 1.30. The number of benzene rings is 8. The first-order chi connectivity index (χ1) is 22.3. The molecule has 0 saturated carbocycles. The van der Waals surface area contributed by atoms with Crippen molar-refractivity contribution in [3.63, 3.8) is 0 Å². The highest BCUT2D eigenvalue weighted by Gasteiger charge is 2.20. The summed E-state index contributed by atoms with van der Waals surface area (Å²) >= 11 is 0. The number of fused-ring (bicyclic) bond motifs is 11. The van der Waals surface area contributed by atoms with Gasteiger partial charge in [-0.15, -0.1) is 0 Å². The van der Waals surface area contributed by atoms with Gasteiger partial charge in [-0.25, -0.2) is 0 Å². The molecular weight excluding hydrogens is 550 g/mol. The molecule has 0 N–H and O–H groups in total. The average Bonchev–Trinajstić information content (AvgIpc) is 3.66. The van der Waals surface area contributed by atoms with Gasteiger partial charge >= 0.3 is 0 Å². The predicted octanol–water partition coefficient (Wildman–Crippen LogP) is 12.4. The number of furan rings is 2. The molecule has 2 aromatic heterocycles. The van der Waals surface area contributed by atoms with E-state index in [0.717, 1.165) is 60.9 Å². The van der Waals surface area contributed by atoms with Gasteiger partial charge in [0.05, 0.1) is 5.69 Å². The summed E-state index contributed by atoms with van der Waals surface area (Å²) < 4.78 is 12.6. The lowest BCUT2D eigenvalue weighted by Gasteiger charge is -2.27. The molecule has 0 atom stereocenters. The van der Waals surface area contributed by atoms with Gasteiger partial charge in [0.15, 0.2) is 0 Å². The third kappa shape index (κ3) is 3.58. The fraction of sp³-hybridized carbons (Fsp3) is 0. The van der Waals surface area contributed by atoms with Crippen molar-refractivity contribution in [1.82, 2.24) is 0 Å². The normalized spacial score (nSPS) is 12.0. The monoisotopic (exact) mass is 575 g/mol. The number of rotatable bonds is 3. The first kappa shape index (κ1) is 24.4. The van der Waals surface area contributed by atoms with Crippen LogP contribution in [-0.2, 0) is 0 Å². The molecule has 3 nitrogen and oxygen atoms in total. The van der Waals surface area contributed by atoms with E-state index < -0.39 is 0 Å². The van der Waals surface area contributed by atoms with Gasteiger partial charge in [-0.1, -0.05) is 97.1 Å². The molecule has 0 radical (unpaired) electrons. The lowest BCUT2D eigenvalue weighted by molar-refractivity contribution is 0.668. The Labute approximate surface area is 258 Å². The zero-order chi connectivity index (χ0) is 29.5. The summed E-state index contributed by atoms with van der Waals surface area (Å²) in [5, 5.41) is 11.8. The summed E-state index contributed by atoms with van der Waals surface area (Å²) in [6, 6.07) is 53.8. The third-order valence-electron chi connectivity index (χ3n) is 9.22. The van der Waals surface area contributed by atoms with Crippen LogP contribution in [0, 0.1) is 0 Å². The van der Waals surface area contributed by atoms with Gasteiger partial charge in [0.1, 0.15) is 22.3 Å². The van der Waals surface area contributed by atoms with Gasteiger partial charge < -0.3 is 13.7 Å². The molecule has 0 amide bonds. The van der Waals surface area contributed by atoms with E-state index in [9.17, 15) is 0 Å². The zero-order valence-electron chi connectivity index (χ0n) is 24.2. The van der Waals surface area contributed by atoms with Crippen LogP contribution in [0.5, 0.6) is 0 Å². The van der Waals surface area contributed by atoms with Crippen LogP contribution in [0.25, 0.3) is 76.2 Å². The fourth-order valence-electron chi connectivity index (χ4n) is 7.18. The van der Waals surface area contributed by atoms with Crippen LogP contribution in [0.15, 0.2) is 160 Å². The maximum absolute atomic E-state index is 6.39. The van der Waals surface area contributed by atoms with Gasteiger partial charge in [-0.3, -0.25) is 0 Å². The summed E-state index contributed by atoms with van der Waals surface area (Å²) in [5.41, 5.74) is 6.71. The quantitative estimate of drug-likeness (QED) is 0.196. The second-order valence-corrected chi connectivity index (χ2v) is 11.7. The maximum Gasteiger partial charge on any atom is 0.137 e. The summed E-state index contributed by atoms with van der Waals surface area (Å²) in [4.78, 5) is 2.37. The SMILES string of the molecule is c1ccc2c(c1)ccc1c2ccc2cccc(N(c3ccc4c(c3)oc3ccccc34)c3ccc4oc5ccccc5c4c3)c21. The third-order valence-corrected chi connectivity index (χ3v) is 9.22. The number of nitrogens with zero attached hydrogens (tertiary/aromatic N) is 1. The molecule has 0 spiro atoms. The second-order valence-electron chi connectivity index (χ2n) is 11.7. The molecule has 0 aliphatic heterocycles. The van der Waals surface area contributed by atoms with Crippen molar-refractivity contribution in [2.24, 2.45) is 0 Å². The first-order valence-electron chi connectivity index (χ1n) is 15.3. The van der Waals surface area contributed by atoms with Crippen LogP contribution < -0.4 is 4.90 Å². The van der Waals surface area contributed by atoms with Crippen LogP contribution >= 0.6 is 0 Å². The van der Waals surface area contributed by atoms with Gasteiger partial charge in [0.25, 0.3) is 0 Å². The van der Waals surface area contributed by atoms with Crippen LogP contribution in [0.1, 0.15) is 0 Å². The van der Waals surface area contributed by atoms with Crippen LogP contribution in [0.4, 0.5) is 17.1 Å². The minimum atomic E-state index is 0.865. The van der Waals surface area contributed by atoms with Crippen molar-refractivity contribution in [2.75, 3.05) is 4.90 Å². The number of hydrogen-bond donors (Lipinski definition) is 0. The second kappa shape index (κ2) is 9.22. The summed E-state index contributed by atoms with van der Waals surface area (Å²) in [6.07, 6.45) is 0. The van der Waals surface area contributed by atoms with Crippen molar-refractivity contribution >= 4 is 93.3 Å². The van der Waals surface area contributed by atoms with Crippen LogP contribution in [-0.4, -0.2) is 0 Å². The van der Waals surface area contributed by atoms with E-state index in [1.807, 2.05) is 24.3 Å². The predicted molar refractivity (Wildman–Crippen MR) is 188 cm³/mol. The molecule has 0 fully saturated rings. The highest BCUT2D eigenvalue weighted by atomic mass is 16.3. The number of para-hydroxylation sites is 2. The summed E-state index contributed by atoms with van der Waals surface area (Å²) in [6.45, 7) is 0. The summed E-state index contributed by atoms with van der Waals surface area (Å²) in [5.74, 6) is 0. The van der Waals surface area contributed by atoms with Crippen LogP contribution in [0.3, 0.4) is 0 Å². The van der Waals surface area contributed by atoms with Crippen molar-refractivity contribution in [3.8, 4) is 0 Å². The smallest absolute Gasteiger partial charge is 0.137 e. The van der Waals surface area contributed by atoms with Crippen molar-refractivity contribution < 1.29 is 8.83 Å². The molecule has 0 saturated heterocycles. The molecule has 10 aromatic rings. The molecule has 0 aliphatic rings. The molecule has 0 unspecified atom stereocenters. The Morgan fingerprint density at radius 2 is 0.911 bits per heavy atom. The van der Waals surface area contributed by atoms with E-state index in [1.54, 1.807) is 0 Å². The first-order valence-corrected chi connectivity index (χ1v) is 15.3. The van der Waals surface area contributed by atoms with E-state index in [-0.39, 0.29) is 0 Å². The molecular formula is C42H25NO2. The Morgan fingerprint density at radius 3 is 1.78 bits per heavy atom. The minimum Gasteiger partial charge on any atom is -0.456 e. The highest BCUT2D eigenvalue weighted by Crippen LogP contribution is 2.45.